The van der Waals surface area contributed by atoms with E-state index in [9.17, 15) is 18.0 Å². The predicted octanol–water partition coefficient (Wildman–Crippen LogP) is 3.45. The van der Waals surface area contributed by atoms with Crippen LogP contribution in [0.3, 0.4) is 0 Å². The summed E-state index contributed by atoms with van der Waals surface area (Å²) >= 11 is 0. The molecule has 0 aliphatic carbocycles. The van der Waals surface area contributed by atoms with Gasteiger partial charge in [0, 0.05) is 29.2 Å². The Balaban J connectivity index is 1.37. The Kier molecular flexibility index (Phi) is 6.74. The maximum absolute atomic E-state index is 12.6. The molecule has 0 aliphatic rings. The number of hydrogen-bond donors (Lipinski definition) is 3. The van der Waals surface area contributed by atoms with Gasteiger partial charge in [-0.2, -0.15) is 0 Å². The van der Waals surface area contributed by atoms with Crippen LogP contribution in [0.1, 0.15) is 27.8 Å². The number of nitrogens with one attached hydrogen (secondary N) is 3. The lowest BCUT2D eigenvalue weighted by Crippen LogP contribution is -2.42. The zero-order valence-electron chi connectivity index (χ0n) is 19.1. The van der Waals surface area contributed by atoms with Crippen LogP contribution in [-0.2, 0) is 17.1 Å². The van der Waals surface area contributed by atoms with E-state index < -0.39 is 21.8 Å². The van der Waals surface area contributed by atoms with Gasteiger partial charge < -0.3 is 9.30 Å². The number of rotatable bonds is 7. The van der Waals surface area contributed by atoms with E-state index in [-0.39, 0.29) is 16.1 Å². The van der Waals surface area contributed by atoms with Crippen molar-refractivity contribution in [2.45, 2.75) is 11.8 Å². The van der Waals surface area contributed by atoms with Crippen LogP contribution in [0.25, 0.3) is 10.9 Å². The minimum absolute atomic E-state index is 0.0822. The summed E-state index contributed by atoms with van der Waals surface area (Å²) < 4.78 is 34.8. The molecule has 0 bridgehead atoms. The van der Waals surface area contributed by atoms with Crippen molar-refractivity contribution in [3.63, 3.8) is 0 Å². The number of hydrogen-bond acceptors (Lipinski definition) is 5. The van der Waals surface area contributed by atoms with Crippen LogP contribution in [0.4, 0.5) is 5.69 Å². The zero-order chi connectivity index (χ0) is 25.0. The van der Waals surface area contributed by atoms with E-state index in [1.165, 1.54) is 36.4 Å². The molecule has 1 aromatic heterocycles. The number of anilines is 1. The van der Waals surface area contributed by atoms with E-state index in [2.05, 4.69) is 15.6 Å². The highest BCUT2D eigenvalue weighted by molar-refractivity contribution is 7.92. The second-order valence-electron chi connectivity index (χ2n) is 7.64. The molecule has 0 radical (unpaired) electrons. The maximum atomic E-state index is 12.6. The fourth-order valence-corrected chi connectivity index (χ4v) is 4.60. The molecular formula is C25H24N4O5S. The van der Waals surface area contributed by atoms with Gasteiger partial charge in [0.2, 0.25) is 0 Å². The summed E-state index contributed by atoms with van der Waals surface area (Å²) in [6.07, 6.45) is 0. The minimum Gasteiger partial charge on any atom is -0.494 e. The van der Waals surface area contributed by atoms with E-state index in [1.54, 1.807) is 29.8 Å². The molecule has 0 unspecified atom stereocenters. The number of hydrazine groups is 1. The fourth-order valence-electron chi connectivity index (χ4n) is 3.54. The molecule has 180 valence electrons. The highest BCUT2D eigenvalue weighted by atomic mass is 32.2. The van der Waals surface area contributed by atoms with Gasteiger partial charge in [-0.1, -0.05) is 18.2 Å². The van der Waals surface area contributed by atoms with E-state index in [1.807, 2.05) is 31.2 Å². The van der Waals surface area contributed by atoms with Crippen molar-refractivity contribution in [3.8, 4) is 5.75 Å². The first-order valence-electron chi connectivity index (χ1n) is 10.8. The number of para-hydroxylation sites is 1. The fraction of sp³-hybridized carbons (Fsp3) is 0.120. The maximum Gasteiger partial charge on any atom is 0.286 e. The average molecular weight is 493 g/mol. The molecule has 0 spiro atoms. The van der Waals surface area contributed by atoms with Crippen molar-refractivity contribution >= 4 is 38.4 Å². The second kappa shape index (κ2) is 9.90. The Morgan fingerprint density at radius 3 is 2.20 bits per heavy atom. The van der Waals surface area contributed by atoms with E-state index in [4.69, 9.17) is 4.74 Å². The van der Waals surface area contributed by atoms with Crippen molar-refractivity contribution in [2.75, 3.05) is 11.3 Å². The number of aromatic nitrogens is 1. The molecule has 3 N–H and O–H groups in total. The summed E-state index contributed by atoms with van der Waals surface area (Å²) in [7, 11) is -2.04. The van der Waals surface area contributed by atoms with Gasteiger partial charge in [-0.25, -0.2) is 8.42 Å². The van der Waals surface area contributed by atoms with Gasteiger partial charge in [0.15, 0.2) is 0 Å². The molecule has 9 nitrogen and oxygen atoms in total. The molecule has 35 heavy (non-hydrogen) atoms. The second-order valence-corrected chi connectivity index (χ2v) is 9.33. The first-order valence-corrected chi connectivity index (χ1v) is 12.3. The van der Waals surface area contributed by atoms with Gasteiger partial charge in [-0.3, -0.25) is 25.2 Å². The van der Waals surface area contributed by atoms with Gasteiger partial charge in [0.1, 0.15) is 11.4 Å². The molecule has 0 fully saturated rings. The number of sulfonamides is 1. The van der Waals surface area contributed by atoms with Crippen LogP contribution in [0.2, 0.25) is 0 Å². The van der Waals surface area contributed by atoms with Crippen molar-refractivity contribution in [2.24, 2.45) is 7.05 Å². The van der Waals surface area contributed by atoms with Crippen LogP contribution < -0.4 is 20.3 Å². The van der Waals surface area contributed by atoms with Crippen LogP contribution in [0.5, 0.6) is 5.75 Å². The summed E-state index contributed by atoms with van der Waals surface area (Å²) in [4.78, 5) is 25.1. The quantitative estimate of drug-likeness (QED) is 0.342. The number of nitrogens with zero attached hydrogens (tertiary/aromatic N) is 1. The van der Waals surface area contributed by atoms with Gasteiger partial charge in [-0.05, 0) is 67.6 Å². The first-order chi connectivity index (χ1) is 16.8. The largest absolute Gasteiger partial charge is 0.494 e. The summed E-state index contributed by atoms with van der Waals surface area (Å²) in [5.41, 5.74) is 6.60. The van der Waals surface area contributed by atoms with Gasteiger partial charge in [0.25, 0.3) is 21.8 Å². The average Bonchev–Trinajstić information content (AvgIpc) is 3.20. The lowest BCUT2D eigenvalue weighted by Gasteiger charge is -2.11. The molecule has 0 saturated heterocycles. The monoisotopic (exact) mass is 492 g/mol. The lowest BCUT2D eigenvalue weighted by molar-refractivity contribution is 0.0842. The van der Waals surface area contributed by atoms with Crippen LogP contribution >= 0.6 is 0 Å². The Morgan fingerprint density at radius 2 is 1.54 bits per heavy atom. The molecule has 0 saturated carbocycles. The molecule has 0 aliphatic heterocycles. The highest BCUT2D eigenvalue weighted by Gasteiger charge is 2.16. The Labute approximate surface area is 202 Å². The molecule has 4 rings (SSSR count). The minimum atomic E-state index is -3.81. The molecular weight excluding hydrogens is 468 g/mol. The molecule has 10 heteroatoms. The van der Waals surface area contributed by atoms with Crippen molar-refractivity contribution in [3.05, 3.63) is 90.1 Å². The van der Waals surface area contributed by atoms with Crippen molar-refractivity contribution < 1.29 is 22.7 Å². The van der Waals surface area contributed by atoms with E-state index in [0.717, 1.165) is 10.9 Å². The predicted molar refractivity (Wildman–Crippen MR) is 133 cm³/mol. The van der Waals surface area contributed by atoms with E-state index >= 15 is 0 Å². The van der Waals surface area contributed by atoms with Gasteiger partial charge in [-0.15, -0.1) is 0 Å². The van der Waals surface area contributed by atoms with E-state index in [0.29, 0.717) is 18.1 Å². The van der Waals surface area contributed by atoms with Crippen molar-refractivity contribution in [1.82, 2.24) is 15.4 Å². The van der Waals surface area contributed by atoms with Gasteiger partial charge >= 0.3 is 0 Å². The number of carbonyl (C=O) groups excluding carboxylic acids is 2. The molecule has 4 aromatic rings. The first kappa shape index (κ1) is 23.8. The number of ether oxygens (including phenoxy) is 1. The van der Waals surface area contributed by atoms with Crippen LogP contribution in [0.15, 0.2) is 83.8 Å². The summed E-state index contributed by atoms with van der Waals surface area (Å²) in [5.74, 6) is -0.427. The molecule has 1 heterocycles. The third-order valence-corrected chi connectivity index (χ3v) is 6.72. The van der Waals surface area contributed by atoms with Crippen LogP contribution in [0, 0.1) is 0 Å². The Morgan fingerprint density at radius 1 is 0.886 bits per heavy atom. The number of amides is 2. The summed E-state index contributed by atoms with van der Waals surface area (Å²) in [6.45, 7) is 2.33. The number of carbonyl (C=O) groups is 2. The Hall–Kier alpha value is -4.31. The van der Waals surface area contributed by atoms with Gasteiger partial charge in [0.05, 0.1) is 11.5 Å². The zero-order valence-corrected chi connectivity index (χ0v) is 19.9. The summed E-state index contributed by atoms with van der Waals surface area (Å²) in [6, 6.07) is 21.2. The third-order valence-electron chi connectivity index (χ3n) is 5.32. The topological polar surface area (TPSA) is 119 Å². The summed E-state index contributed by atoms with van der Waals surface area (Å²) in [5, 5.41) is 0.912. The third kappa shape index (κ3) is 5.28. The molecule has 3 aromatic carbocycles. The van der Waals surface area contributed by atoms with Crippen molar-refractivity contribution in [1.29, 1.82) is 0 Å². The van der Waals surface area contributed by atoms with Crippen LogP contribution in [-0.4, -0.2) is 31.4 Å². The Bertz CT molecular complexity index is 1480. The highest BCUT2D eigenvalue weighted by Crippen LogP contribution is 2.20. The SMILES string of the molecule is CCOc1ccc(S(=O)(=O)Nc2ccc(C(=O)NNC(=O)c3cc4ccccc4n3C)cc2)cc1. The number of benzene rings is 3. The normalized spacial score (nSPS) is 11.1. The standard InChI is InChI=1S/C25H24N4O5S/c1-3-34-20-12-14-21(15-13-20)35(32,33)28-19-10-8-17(9-11-19)24(30)26-27-25(31)23-16-18-6-4-5-7-22(18)29(23)2/h4-16,28H,3H2,1-2H3,(H,26,30)(H,27,31). The smallest absolute Gasteiger partial charge is 0.286 e. The number of aryl methyl sites for hydroxylation is 1. The molecule has 2 amide bonds. The number of fused-ring (bicyclic) bond motifs is 1. The molecule has 0 atom stereocenters. The lowest BCUT2D eigenvalue weighted by atomic mass is 10.2.